The van der Waals surface area contributed by atoms with E-state index in [9.17, 15) is 4.79 Å². The van der Waals surface area contributed by atoms with Gasteiger partial charge in [-0.2, -0.15) is 0 Å². The van der Waals surface area contributed by atoms with E-state index in [4.69, 9.17) is 4.74 Å². The quantitative estimate of drug-likeness (QED) is 0.0352. The summed E-state index contributed by atoms with van der Waals surface area (Å²) in [5.41, 5.74) is 0. The number of carbonyl (C=O) groups is 1. The molecule has 0 aromatic heterocycles. The fraction of sp³-hybridized carbons (Fsp3) is 0.941. The zero-order valence-electron chi connectivity index (χ0n) is 37.0. The van der Waals surface area contributed by atoms with E-state index in [1.54, 1.807) is 0 Å². The topological polar surface area (TPSA) is 26.3 Å². The van der Waals surface area contributed by atoms with Gasteiger partial charge in [-0.25, -0.2) is 0 Å². The number of carbonyl (C=O) groups excluding carboxylic acids is 1. The number of rotatable bonds is 47. The van der Waals surface area contributed by atoms with E-state index in [2.05, 4.69) is 26.0 Å². The summed E-state index contributed by atoms with van der Waals surface area (Å²) < 4.78 is 5.48. The molecule has 0 aliphatic heterocycles. The van der Waals surface area contributed by atoms with E-state index in [-0.39, 0.29) is 5.97 Å². The van der Waals surface area contributed by atoms with Crippen LogP contribution in [0.15, 0.2) is 12.2 Å². The molecule has 0 spiro atoms. The molecule has 0 rings (SSSR count). The second-order valence-corrected chi connectivity index (χ2v) is 17.2. The lowest BCUT2D eigenvalue weighted by atomic mass is 10.0. The summed E-state index contributed by atoms with van der Waals surface area (Å²) in [4.78, 5) is 12.0. The number of hydrogen-bond donors (Lipinski definition) is 0. The van der Waals surface area contributed by atoms with Crippen molar-refractivity contribution < 1.29 is 9.53 Å². The van der Waals surface area contributed by atoms with Gasteiger partial charge < -0.3 is 4.74 Å². The molecule has 0 aliphatic rings. The Morgan fingerprint density at radius 1 is 0.302 bits per heavy atom. The fourth-order valence-corrected chi connectivity index (χ4v) is 7.90. The van der Waals surface area contributed by atoms with Gasteiger partial charge in [0.05, 0.1) is 6.61 Å². The molecule has 0 N–H and O–H groups in total. The van der Waals surface area contributed by atoms with Crippen LogP contribution in [0.4, 0.5) is 0 Å². The number of unbranched alkanes of at least 4 members (excludes halogenated alkanes) is 41. The van der Waals surface area contributed by atoms with E-state index in [1.165, 1.54) is 270 Å². The van der Waals surface area contributed by atoms with E-state index in [1.807, 2.05) is 0 Å². The van der Waals surface area contributed by atoms with Crippen LogP contribution in [0, 0.1) is 0 Å². The van der Waals surface area contributed by atoms with Gasteiger partial charge in [-0.3, -0.25) is 4.79 Å². The maximum atomic E-state index is 12.0. The van der Waals surface area contributed by atoms with Gasteiger partial charge in [0.1, 0.15) is 0 Å². The molecule has 0 unspecified atom stereocenters. The standard InChI is InChI=1S/C51H100O2/c1-3-5-7-9-11-13-15-17-19-21-22-23-24-25-26-27-28-29-30-31-32-33-34-35-37-39-41-43-45-47-49-51(52)53-50-48-46-44-42-40-38-36-20-18-16-14-12-10-8-6-4-2/h18,20H,3-17,19,21-50H2,1-2H3/b20-18+. The largest absolute Gasteiger partial charge is 0.466 e. The molecule has 2 nitrogen and oxygen atoms in total. The predicted molar refractivity (Wildman–Crippen MR) is 239 cm³/mol. The van der Waals surface area contributed by atoms with Gasteiger partial charge >= 0.3 is 5.97 Å². The Morgan fingerprint density at radius 3 is 0.811 bits per heavy atom. The van der Waals surface area contributed by atoms with Gasteiger partial charge in [-0.15, -0.1) is 0 Å². The molecule has 0 atom stereocenters. The Hall–Kier alpha value is -0.790. The van der Waals surface area contributed by atoms with Crippen molar-refractivity contribution in [2.45, 2.75) is 303 Å². The average molecular weight is 745 g/mol. The molecule has 0 aromatic carbocycles. The van der Waals surface area contributed by atoms with Gasteiger partial charge in [0.15, 0.2) is 0 Å². The Kier molecular flexibility index (Phi) is 48.5. The van der Waals surface area contributed by atoms with Crippen LogP contribution in [0.25, 0.3) is 0 Å². The average Bonchev–Trinajstić information content (AvgIpc) is 3.16. The normalized spacial score (nSPS) is 11.7. The second kappa shape index (κ2) is 49.2. The molecule has 2 heteroatoms. The summed E-state index contributed by atoms with van der Waals surface area (Å²) in [6, 6.07) is 0. The van der Waals surface area contributed by atoms with Crippen LogP contribution in [0.2, 0.25) is 0 Å². The van der Waals surface area contributed by atoms with Crippen molar-refractivity contribution >= 4 is 5.97 Å². The molecule has 0 aliphatic carbocycles. The lowest BCUT2D eigenvalue weighted by molar-refractivity contribution is -0.143. The van der Waals surface area contributed by atoms with Crippen molar-refractivity contribution in [2.75, 3.05) is 6.61 Å². The highest BCUT2D eigenvalue weighted by Crippen LogP contribution is 2.17. The van der Waals surface area contributed by atoms with E-state index < -0.39 is 0 Å². The highest BCUT2D eigenvalue weighted by Gasteiger charge is 2.03. The molecule has 0 aromatic rings. The van der Waals surface area contributed by atoms with Crippen LogP contribution < -0.4 is 0 Å². The zero-order valence-corrected chi connectivity index (χ0v) is 37.0. The summed E-state index contributed by atoms with van der Waals surface area (Å²) >= 11 is 0. The minimum atomic E-state index is 0.0259. The lowest BCUT2D eigenvalue weighted by Gasteiger charge is -2.06. The highest BCUT2D eigenvalue weighted by atomic mass is 16.5. The molecule has 53 heavy (non-hydrogen) atoms. The van der Waals surface area contributed by atoms with Crippen molar-refractivity contribution in [1.82, 2.24) is 0 Å². The summed E-state index contributed by atoms with van der Waals surface area (Å²) in [6.07, 6.45) is 66.4. The third-order valence-electron chi connectivity index (χ3n) is 11.7. The third kappa shape index (κ3) is 49.2. The predicted octanol–water partition coefficient (Wildman–Crippen LogP) is 18.7. The molecule has 0 heterocycles. The Labute approximate surface area is 336 Å². The van der Waals surface area contributed by atoms with Crippen molar-refractivity contribution in [3.8, 4) is 0 Å². The van der Waals surface area contributed by atoms with Crippen LogP contribution in [-0.4, -0.2) is 12.6 Å². The number of ether oxygens (including phenoxy) is 1. The smallest absolute Gasteiger partial charge is 0.305 e. The van der Waals surface area contributed by atoms with E-state index >= 15 is 0 Å². The number of esters is 1. The van der Waals surface area contributed by atoms with Gasteiger partial charge in [-0.1, -0.05) is 270 Å². The molecule has 0 saturated carbocycles. The van der Waals surface area contributed by atoms with Gasteiger partial charge in [0, 0.05) is 6.42 Å². The minimum Gasteiger partial charge on any atom is -0.466 e. The first-order valence-electron chi connectivity index (χ1n) is 25.1. The maximum Gasteiger partial charge on any atom is 0.305 e. The van der Waals surface area contributed by atoms with E-state index in [0.29, 0.717) is 13.0 Å². The molecule has 0 radical (unpaired) electrons. The van der Waals surface area contributed by atoms with Gasteiger partial charge in [0.2, 0.25) is 0 Å². The summed E-state index contributed by atoms with van der Waals surface area (Å²) in [5.74, 6) is 0.0259. The lowest BCUT2D eigenvalue weighted by Crippen LogP contribution is -2.05. The van der Waals surface area contributed by atoms with Crippen molar-refractivity contribution in [3.05, 3.63) is 12.2 Å². The first-order chi connectivity index (χ1) is 26.3. The van der Waals surface area contributed by atoms with Crippen LogP contribution in [-0.2, 0) is 9.53 Å². The minimum absolute atomic E-state index is 0.0259. The first kappa shape index (κ1) is 52.2. The van der Waals surface area contributed by atoms with Crippen LogP contribution in [0.1, 0.15) is 303 Å². The summed E-state index contributed by atoms with van der Waals surface area (Å²) in [5, 5.41) is 0. The van der Waals surface area contributed by atoms with Crippen molar-refractivity contribution in [3.63, 3.8) is 0 Å². The van der Waals surface area contributed by atoms with E-state index in [0.717, 1.165) is 12.8 Å². The van der Waals surface area contributed by atoms with Gasteiger partial charge in [-0.05, 0) is 38.5 Å². The Balaban J connectivity index is 3.15. The molecule has 0 bridgehead atoms. The summed E-state index contributed by atoms with van der Waals surface area (Å²) in [7, 11) is 0. The molecule has 316 valence electrons. The SMILES string of the molecule is CCCCCCCC/C=C/CCCCCCCCOC(=O)CCCCCCCCCCCCCCCCCCCCCCCCCCCCCCCC. The van der Waals surface area contributed by atoms with Gasteiger partial charge in [0.25, 0.3) is 0 Å². The molecule has 0 fully saturated rings. The Bertz CT molecular complexity index is 684. The maximum absolute atomic E-state index is 12.0. The fourth-order valence-electron chi connectivity index (χ4n) is 7.90. The van der Waals surface area contributed by atoms with Crippen LogP contribution in [0.5, 0.6) is 0 Å². The highest BCUT2D eigenvalue weighted by molar-refractivity contribution is 5.69. The summed E-state index contributed by atoms with van der Waals surface area (Å²) in [6.45, 7) is 5.21. The van der Waals surface area contributed by atoms with Crippen molar-refractivity contribution in [1.29, 1.82) is 0 Å². The molecule has 0 saturated heterocycles. The number of allylic oxidation sites excluding steroid dienone is 2. The molecule has 0 amide bonds. The zero-order chi connectivity index (χ0) is 38.2. The third-order valence-corrected chi connectivity index (χ3v) is 11.7. The molecular formula is C51H100O2. The van der Waals surface area contributed by atoms with Crippen LogP contribution in [0.3, 0.4) is 0 Å². The van der Waals surface area contributed by atoms with Crippen LogP contribution >= 0.6 is 0 Å². The van der Waals surface area contributed by atoms with Crippen molar-refractivity contribution in [2.24, 2.45) is 0 Å². The second-order valence-electron chi connectivity index (χ2n) is 17.2. The monoisotopic (exact) mass is 745 g/mol. The molecular weight excluding hydrogens is 645 g/mol. The Morgan fingerprint density at radius 2 is 0.528 bits per heavy atom. The number of hydrogen-bond acceptors (Lipinski definition) is 2. The first-order valence-corrected chi connectivity index (χ1v) is 25.1.